The van der Waals surface area contributed by atoms with Gasteiger partial charge in [0.2, 0.25) is 11.9 Å². The van der Waals surface area contributed by atoms with E-state index in [1.165, 1.54) is 12.4 Å². The molecule has 1 aromatic heterocycles. The molecule has 1 heterocycles. The quantitative estimate of drug-likeness (QED) is 0.837. The summed E-state index contributed by atoms with van der Waals surface area (Å²) in [5.74, 6) is -2.38. The molecular weight excluding hydrogens is 282 g/mol. The third-order valence-electron chi connectivity index (χ3n) is 3.32. The minimum Gasteiger partial charge on any atom is -0.465 e. The normalized spacial score (nSPS) is 18.8. The largest absolute Gasteiger partial charge is 0.465 e. The number of nitrogens with zero attached hydrogens (tertiary/aromatic N) is 3. The maximum Gasteiger partial charge on any atom is 0.411 e. The van der Waals surface area contributed by atoms with E-state index in [2.05, 4.69) is 15.0 Å². The molecule has 0 bridgehead atoms. The smallest absolute Gasteiger partial charge is 0.411 e. The Morgan fingerprint density at radius 3 is 2.90 bits per heavy atom. The van der Waals surface area contributed by atoms with E-state index in [1.54, 1.807) is 6.07 Å². The Hall–Kier alpha value is -2.12. The first kappa shape index (κ1) is 15.3. The second-order valence-corrected chi connectivity index (χ2v) is 5.03. The molecule has 0 aliphatic heterocycles. The first-order chi connectivity index (χ1) is 9.94. The van der Waals surface area contributed by atoms with Crippen LogP contribution in [-0.2, 0) is 0 Å². The first-order valence-electron chi connectivity index (χ1n) is 6.65. The van der Waals surface area contributed by atoms with E-state index in [9.17, 15) is 13.6 Å². The molecule has 1 amide bonds. The van der Waals surface area contributed by atoms with E-state index < -0.39 is 12.0 Å². The van der Waals surface area contributed by atoms with Gasteiger partial charge in [-0.2, -0.15) is 0 Å². The van der Waals surface area contributed by atoms with Gasteiger partial charge in [0.05, 0.1) is 5.69 Å². The first-order valence-corrected chi connectivity index (χ1v) is 6.65. The molecule has 114 valence electrons. The lowest BCUT2D eigenvalue weighted by molar-refractivity contribution is -0.0446. The van der Waals surface area contributed by atoms with Crippen molar-refractivity contribution in [3.63, 3.8) is 0 Å². The zero-order valence-electron chi connectivity index (χ0n) is 11.3. The van der Waals surface area contributed by atoms with Crippen LogP contribution in [0.4, 0.5) is 19.5 Å². The number of aromatic nitrogens is 2. The number of anilines is 1. The molecular formula is C13H16F2N4O2. The standard InChI is InChI=1S/C13H16F2N4O2/c14-13(15)4-1-9(2-5-13)7-16-8-10-3-6-17-11(18-10)19-12(20)21/h3,6,8-9H,1-2,4-5,7H2,(H,20,21)(H,17,18,19). The SMILES string of the molecule is O=C(O)Nc1nccc(C=NCC2CCC(F)(F)CC2)n1. The van der Waals surface area contributed by atoms with Crippen LogP contribution in [0.5, 0.6) is 0 Å². The molecule has 0 radical (unpaired) electrons. The molecule has 21 heavy (non-hydrogen) atoms. The van der Waals surface area contributed by atoms with E-state index >= 15 is 0 Å². The summed E-state index contributed by atoms with van der Waals surface area (Å²) in [6.45, 7) is 0.474. The number of rotatable bonds is 4. The maximum atomic E-state index is 13.0. The number of halogens is 2. The Bertz CT molecular complexity index is 527. The Kier molecular flexibility index (Phi) is 4.77. The predicted octanol–water partition coefficient (Wildman–Crippen LogP) is 2.81. The second-order valence-electron chi connectivity index (χ2n) is 5.03. The zero-order chi connectivity index (χ0) is 15.3. The fourth-order valence-corrected chi connectivity index (χ4v) is 2.18. The number of hydrogen-bond donors (Lipinski definition) is 2. The van der Waals surface area contributed by atoms with Crippen LogP contribution in [0.1, 0.15) is 31.4 Å². The molecule has 1 fully saturated rings. The fraction of sp³-hybridized carbons (Fsp3) is 0.538. The monoisotopic (exact) mass is 298 g/mol. The van der Waals surface area contributed by atoms with E-state index in [0.717, 1.165) is 0 Å². The van der Waals surface area contributed by atoms with Gasteiger partial charge in [-0.25, -0.2) is 23.5 Å². The van der Waals surface area contributed by atoms with Crippen molar-refractivity contribution in [3.05, 3.63) is 18.0 Å². The van der Waals surface area contributed by atoms with Crippen molar-refractivity contribution in [1.29, 1.82) is 0 Å². The number of aliphatic imine (C=N–C) groups is 1. The Labute approximate surface area is 120 Å². The Morgan fingerprint density at radius 2 is 2.24 bits per heavy atom. The highest BCUT2D eigenvalue weighted by Crippen LogP contribution is 2.36. The van der Waals surface area contributed by atoms with Gasteiger partial charge in [0.1, 0.15) is 0 Å². The van der Waals surface area contributed by atoms with Crippen molar-refractivity contribution in [2.75, 3.05) is 11.9 Å². The summed E-state index contributed by atoms with van der Waals surface area (Å²) < 4.78 is 26.0. The summed E-state index contributed by atoms with van der Waals surface area (Å²) >= 11 is 0. The van der Waals surface area contributed by atoms with Crippen molar-refractivity contribution in [2.24, 2.45) is 10.9 Å². The molecule has 0 saturated heterocycles. The van der Waals surface area contributed by atoms with Gasteiger partial charge in [0, 0.05) is 31.8 Å². The van der Waals surface area contributed by atoms with Crippen LogP contribution >= 0.6 is 0 Å². The highest BCUT2D eigenvalue weighted by molar-refractivity contribution is 5.82. The number of alkyl halides is 2. The van der Waals surface area contributed by atoms with Gasteiger partial charge < -0.3 is 5.11 Å². The van der Waals surface area contributed by atoms with Crippen molar-refractivity contribution in [2.45, 2.75) is 31.6 Å². The van der Waals surface area contributed by atoms with Crippen LogP contribution in [0.15, 0.2) is 17.3 Å². The second kappa shape index (κ2) is 6.55. The van der Waals surface area contributed by atoms with Crippen molar-refractivity contribution in [3.8, 4) is 0 Å². The summed E-state index contributed by atoms with van der Waals surface area (Å²) in [6.07, 6.45) is 2.47. The molecule has 0 spiro atoms. The molecule has 0 unspecified atom stereocenters. The van der Waals surface area contributed by atoms with Crippen LogP contribution in [0, 0.1) is 5.92 Å². The topological polar surface area (TPSA) is 87.5 Å². The average molecular weight is 298 g/mol. The Balaban J connectivity index is 1.86. The van der Waals surface area contributed by atoms with Gasteiger partial charge in [-0.3, -0.25) is 10.3 Å². The molecule has 6 nitrogen and oxygen atoms in total. The van der Waals surface area contributed by atoms with E-state index in [0.29, 0.717) is 25.1 Å². The van der Waals surface area contributed by atoms with Gasteiger partial charge in [0.15, 0.2) is 0 Å². The molecule has 1 aliphatic rings. The molecule has 2 N–H and O–H groups in total. The van der Waals surface area contributed by atoms with Crippen LogP contribution in [-0.4, -0.2) is 39.8 Å². The van der Waals surface area contributed by atoms with Gasteiger partial charge >= 0.3 is 6.09 Å². The van der Waals surface area contributed by atoms with Gasteiger partial charge in [-0.05, 0) is 24.8 Å². The minimum absolute atomic E-state index is 0.0243. The zero-order valence-corrected chi connectivity index (χ0v) is 11.3. The van der Waals surface area contributed by atoms with E-state index in [-0.39, 0.29) is 24.7 Å². The fourth-order valence-electron chi connectivity index (χ4n) is 2.18. The number of amides is 1. The number of carbonyl (C=O) groups is 1. The third-order valence-corrected chi connectivity index (χ3v) is 3.32. The van der Waals surface area contributed by atoms with Gasteiger partial charge in [0.25, 0.3) is 0 Å². The number of carboxylic acid groups (broad SMARTS) is 1. The van der Waals surface area contributed by atoms with Crippen LogP contribution in [0.25, 0.3) is 0 Å². The minimum atomic E-state index is -2.52. The highest BCUT2D eigenvalue weighted by Gasteiger charge is 2.34. The van der Waals surface area contributed by atoms with Gasteiger partial charge in [-0.15, -0.1) is 0 Å². The molecule has 0 aromatic carbocycles. The number of hydrogen-bond acceptors (Lipinski definition) is 4. The lowest BCUT2D eigenvalue weighted by Crippen LogP contribution is -2.25. The predicted molar refractivity (Wildman–Crippen MR) is 73.0 cm³/mol. The molecule has 1 aromatic rings. The van der Waals surface area contributed by atoms with Crippen LogP contribution < -0.4 is 5.32 Å². The molecule has 8 heteroatoms. The van der Waals surface area contributed by atoms with E-state index in [4.69, 9.17) is 5.11 Å². The lowest BCUT2D eigenvalue weighted by Gasteiger charge is -2.26. The average Bonchev–Trinajstić information content (AvgIpc) is 2.40. The molecule has 1 saturated carbocycles. The summed E-state index contributed by atoms with van der Waals surface area (Å²) in [6, 6.07) is 1.59. The van der Waals surface area contributed by atoms with Crippen molar-refractivity contribution >= 4 is 18.3 Å². The van der Waals surface area contributed by atoms with Crippen LogP contribution in [0.3, 0.4) is 0 Å². The third kappa shape index (κ3) is 5.05. The summed E-state index contributed by atoms with van der Waals surface area (Å²) in [7, 11) is 0. The van der Waals surface area contributed by atoms with Crippen molar-refractivity contribution < 1.29 is 18.7 Å². The van der Waals surface area contributed by atoms with Gasteiger partial charge in [-0.1, -0.05) is 0 Å². The summed E-state index contributed by atoms with van der Waals surface area (Å²) in [4.78, 5) is 22.4. The molecule has 0 atom stereocenters. The van der Waals surface area contributed by atoms with Crippen LogP contribution in [0.2, 0.25) is 0 Å². The van der Waals surface area contributed by atoms with E-state index in [1.807, 2.05) is 5.32 Å². The highest BCUT2D eigenvalue weighted by atomic mass is 19.3. The summed E-state index contributed by atoms with van der Waals surface area (Å²) in [5.41, 5.74) is 0.467. The lowest BCUT2D eigenvalue weighted by atomic mass is 9.87. The van der Waals surface area contributed by atoms with Crippen molar-refractivity contribution in [1.82, 2.24) is 9.97 Å². The number of nitrogens with one attached hydrogen (secondary N) is 1. The Morgan fingerprint density at radius 1 is 1.52 bits per heavy atom. The maximum absolute atomic E-state index is 13.0. The molecule has 1 aliphatic carbocycles. The molecule has 2 rings (SSSR count). The summed E-state index contributed by atoms with van der Waals surface area (Å²) in [5, 5.41) is 10.6.